The minimum atomic E-state index is 0.178. The lowest BCUT2D eigenvalue weighted by molar-refractivity contribution is 0.0312. The van der Waals surface area contributed by atoms with Gasteiger partial charge in [0.25, 0.3) is 0 Å². The summed E-state index contributed by atoms with van der Waals surface area (Å²) < 4.78 is 0. The van der Waals surface area contributed by atoms with Crippen LogP contribution in [0.1, 0.15) is 72.1 Å². The number of hydrogen-bond acceptors (Lipinski definition) is 3. The second-order valence-electron chi connectivity index (χ2n) is 7.76. The Bertz CT molecular complexity index is 287. The Balaban J connectivity index is 1.90. The van der Waals surface area contributed by atoms with E-state index < -0.39 is 0 Å². The Kier molecular flexibility index (Phi) is 5.49. The molecule has 1 saturated carbocycles. The maximum absolute atomic E-state index is 6.15. The summed E-state index contributed by atoms with van der Waals surface area (Å²) in [5, 5.41) is 2.45. The van der Waals surface area contributed by atoms with Crippen molar-refractivity contribution in [2.24, 2.45) is 17.1 Å². The number of hydrogen-bond donors (Lipinski definition) is 2. The highest BCUT2D eigenvalue weighted by atomic mass is 15.5. The summed E-state index contributed by atoms with van der Waals surface area (Å²) in [7, 11) is 0. The van der Waals surface area contributed by atoms with Gasteiger partial charge in [0.2, 0.25) is 0 Å². The fourth-order valence-electron chi connectivity index (χ4n) is 3.94. The Labute approximate surface area is 125 Å². The zero-order valence-electron chi connectivity index (χ0n) is 13.9. The SMILES string of the molecule is CCC(C)(C)C1CCC(CN)(NN2CCCCC2)CC1. The van der Waals surface area contributed by atoms with Crippen LogP contribution in [0.15, 0.2) is 0 Å². The molecule has 1 saturated heterocycles. The molecule has 0 unspecified atom stereocenters. The minimum Gasteiger partial charge on any atom is -0.329 e. The largest absolute Gasteiger partial charge is 0.329 e. The molecule has 0 aromatic rings. The third kappa shape index (κ3) is 3.75. The van der Waals surface area contributed by atoms with Crippen molar-refractivity contribution in [3.63, 3.8) is 0 Å². The predicted molar refractivity (Wildman–Crippen MR) is 86.4 cm³/mol. The van der Waals surface area contributed by atoms with E-state index >= 15 is 0 Å². The van der Waals surface area contributed by atoms with Crippen molar-refractivity contribution < 1.29 is 0 Å². The van der Waals surface area contributed by atoms with Gasteiger partial charge in [0.1, 0.15) is 0 Å². The van der Waals surface area contributed by atoms with Crippen LogP contribution in [-0.2, 0) is 0 Å². The molecule has 0 spiro atoms. The molecule has 1 aliphatic carbocycles. The average molecular weight is 281 g/mol. The lowest BCUT2D eigenvalue weighted by Crippen LogP contribution is -2.61. The molecule has 118 valence electrons. The summed E-state index contributed by atoms with van der Waals surface area (Å²) in [5.41, 5.74) is 10.6. The molecular formula is C17H35N3. The first-order valence-corrected chi connectivity index (χ1v) is 8.74. The molecule has 3 heteroatoms. The Hall–Kier alpha value is -0.120. The molecule has 0 aromatic heterocycles. The van der Waals surface area contributed by atoms with Crippen molar-refractivity contribution in [2.75, 3.05) is 19.6 Å². The third-order valence-electron chi connectivity index (χ3n) is 6.10. The standard InChI is InChI=1S/C17H35N3/c1-4-16(2,3)15-8-10-17(14-18,11-9-15)19-20-12-6-5-7-13-20/h15,19H,4-14,18H2,1-3H3. The smallest absolute Gasteiger partial charge is 0.0448 e. The first kappa shape index (κ1) is 16.3. The van der Waals surface area contributed by atoms with Crippen LogP contribution in [-0.4, -0.2) is 30.2 Å². The van der Waals surface area contributed by atoms with Gasteiger partial charge in [0.05, 0.1) is 0 Å². The first-order valence-electron chi connectivity index (χ1n) is 8.74. The molecule has 0 atom stereocenters. The summed E-state index contributed by atoms with van der Waals surface area (Å²) >= 11 is 0. The van der Waals surface area contributed by atoms with E-state index in [0.717, 1.165) is 12.5 Å². The Morgan fingerprint density at radius 3 is 2.25 bits per heavy atom. The van der Waals surface area contributed by atoms with Gasteiger partial charge in [0, 0.05) is 25.2 Å². The predicted octanol–water partition coefficient (Wildman–Crippen LogP) is 3.30. The highest BCUT2D eigenvalue weighted by Crippen LogP contribution is 2.43. The van der Waals surface area contributed by atoms with Gasteiger partial charge in [-0.2, -0.15) is 0 Å². The third-order valence-corrected chi connectivity index (χ3v) is 6.10. The number of nitrogens with one attached hydrogen (secondary N) is 1. The van der Waals surface area contributed by atoms with E-state index in [1.807, 2.05) is 0 Å². The quantitative estimate of drug-likeness (QED) is 0.812. The molecule has 1 heterocycles. The molecule has 3 N–H and O–H groups in total. The average Bonchev–Trinajstić information content (AvgIpc) is 2.49. The second kappa shape index (κ2) is 6.76. The number of rotatable bonds is 5. The summed E-state index contributed by atoms with van der Waals surface area (Å²) in [6.45, 7) is 10.4. The molecule has 2 fully saturated rings. The van der Waals surface area contributed by atoms with Crippen LogP contribution in [0.5, 0.6) is 0 Å². The Morgan fingerprint density at radius 2 is 1.75 bits per heavy atom. The van der Waals surface area contributed by atoms with Gasteiger partial charge in [-0.15, -0.1) is 0 Å². The minimum absolute atomic E-state index is 0.178. The van der Waals surface area contributed by atoms with Crippen LogP contribution in [0.3, 0.4) is 0 Å². The fourth-order valence-corrected chi connectivity index (χ4v) is 3.94. The number of hydrazine groups is 1. The van der Waals surface area contributed by atoms with E-state index in [0.29, 0.717) is 5.41 Å². The number of piperidine rings is 1. The molecular weight excluding hydrogens is 246 g/mol. The second-order valence-corrected chi connectivity index (χ2v) is 7.76. The van der Waals surface area contributed by atoms with E-state index in [-0.39, 0.29) is 5.54 Å². The number of nitrogens with zero attached hydrogens (tertiary/aromatic N) is 1. The molecule has 20 heavy (non-hydrogen) atoms. The van der Waals surface area contributed by atoms with Crippen LogP contribution in [0.4, 0.5) is 0 Å². The van der Waals surface area contributed by atoms with Crippen molar-refractivity contribution in [3.8, 4) is 0 Å². The topological polar surface area (TPSA) is 41.3 Å². The lowest BCUT2D eigenvalue weighted by atomic mass is 9.65. The van der Waals surface area contributed by atoms with Gasteiger partial charge < -0.3 is 5.73 Å². The molecule has 0 amide bonds. The van der Waals surface area contributed by atoms with Crippen molar-refractivity contribution in [1.29, 1.82) is 0 Å². The summed E-state index contributed by atoms with van der Waals surface area (Å²) in [4.78, 5) is 0. The van der Waals surface area contributed by atoms with Gasteiger partial charge in [-0.1, -0.05) is 33.6 Å². The van der Waals surface area contributed by atoms with Gasteiger partial charge >= 0.3 is 0 Å². The Morgan fingerprint density at radius 1 is 1.15 bits per heavy atom. The zero-order valence-corrected chi connectivity index (χ0v) is 13.9. The first-order chi connectivity index (χ1) is 9.51. The molecule has 0 radical (unpaired) electrons. The summed E-state index contributed by atoms with van der Waals surface area (Å²) in [6, 6.07) is 0. The molecule has 0 bridgehead atoms. The normalized spacial score (nSPS) is 33.3. The molecule has 2 rings (SSSR count). The van der Waals surface area contributed by atoms with E-state index in [1.54, 1.807) is 0 Å². The molecule has 2 aliphatic rings. The fraction of sp³-hybridized carbons (Fsp3) is 1.00. The highest BCUT2D eigenvalue weighted by molar-refractivity contribution is 4.96. The zero-order chi connectivity index (χ0) is 14.6. The van der Waals surface area contributed by atoms with Crippen molar-refractivity contribution >= 4 is 0 Å². The summed E-state index contributed by atoms with van der Waals surface area (Å²) in [6.07, 6.45) is 10.5. The van der Waals surface area contributed by atoms with Crippen LogP contribution in [0, 0.1) is 11.3 Å². The molecule has 1 aliphatic heterocycles. The van der Waals surface area contributed by atoms with E-state index in [4.69, 9.17) is 5.73 Å². The monoisotopic (exact) mass is 281 g/mol. The van der Waals surface area contributed by atoms with Crippen LogP contribution in [0.2, 0.25) is 0 Å². The highest BCUT2D eigenvalue weighted by Gasteiger charge is 2.39. The van der Waals surface area contributed by atoms with Crippen molar-refractivity contribution in [3.05, 3.63) is 0 Å². The summed E-state index contributed by atoms with van der Waals surface area (Å²) in [5.74, 6) is 0.871. The number of nitrogens with two attached hydrogens (primary N) is 1. The van der Waals surface area contributed by atoms with Crippen molar-refractivity contribution in [1.82, 2.24) is 10.4 Å². The van der Waals surface area contributed by atoms with Gasteiger partial charge in [0.15, 0.2) is 0 Å². The van der Waals surface area contributed by atoms with Crippen LogP contribution >= 0.6 is 0 Å². The molecule has 3 nitrogen and oxygen atoms in total. The van der Waals surface area contributed by atoms with Crippen molar-refractivity contribution in [2.45, 2.75) is 77.7 Å². The van der Waals surface area contributed by atoms with E-state index in [2.05, 4.69) is 31.2 Å². The van der Waals surface area contributed by atoms with E-state index in [1.165, 1.54) is 64.5 Å². The van der Waals surface area contributed by atoms with Crippen LogP contribution < -0.4 is 11.2 Å². The maximum Gasteiger partial charge on any atom is 0.0448 e. The van der Waals surface area contributed by atoms with Gasteiger partial charge in [-0.25, -0.2) is 10.4 Å². The van der Waals surface area contributed by atoms with Crippen LogP contribution in [0.25, 0.3) is 0 Å². The lowest BCUT2D eigenvalue weighted by Gasteiger charge is -2.47. The van der Waals surface area contributed by atoms with Gasteiger partial charge in [-0.05, 0) is 49.9 Å². The van der Waals surface area contributed by atoms with E-state index in [9.17, 15) is 0 Å². The van der Waals surface area contributed by atoms with Gasteiger partial charge in [-0.3, -0.25) is 0 Å². The molecule has 0 aromatic carbocycles. The maximum atomic E-state index is 6.15.